The topological polar surface area (TPSA) is 92.5 Å². The van der Waals surface area contributed by atoms with Crippen LogP contribution in [0.25, 0.3) is 0 Å². The van der Waals surface area contributed by atoms with E-state index in [9.17, 15) is 33.2 Å². The Kier molecular flexibility index (Phi) is 3.44. The first-order chi connectivity index (χ1) is 8.14. The summed E-state index contributed by atoms with van der Waals surface area (Å²) in [7, 11) is 0. The molecule has 1 aromatic rings. The van der Waals surface area contributed by atoms with E-state index in [0.29, 0.717) is 0 Å². The Hall–Kier alpha value is -2.32. The second kappa shape index (κ2) is 4.51. The number of carbonyl (C=O) groups is 1. The Morgan fingerprint density at radius 3 is 2.44 bits per heavy atom. The number of alkyl halides is 3. The average Bonchev–Trinajstić information content (AvgIpc) is 2.20. The van der Waals surface area contributed by atoms with Gasteiger partial charge in [-0.05, 0) is 19.1 Å². The highest BCUT2D eigenvalue weighted by atomic mass is 19.4. The number of aromatic hydroxyl groups is 1. The summed E-state index contributed by atoms with van der Waals surface area (Å²) < 4.78 is 36.0. The number of benzene rings is 1. The summed E-state index contributed by atoms with van der Waals surface area (Å²) in [5.74, 6) is -2.94. The molecular weight excluding hydrogens is 257 g/mol. The minimum Gasteiger partial charge on any atom is -0.502 e. The molecule has 0 aliphatic rings. The fourth-order valence-electron chi connectivity index (χ4n) is 1.24. The van der Waals surface area contributed by atoms with Crippen molar-refractivity contribution in [3.63, 3.8) is 0 Å². The van der Waals surface area contributed by atoms with Crippen LogP contribution in [0.5, 0.6) is 5.75 Å². The highest BCUT2D eigenvalue weighted by molar-refractivity contribution is 5.96. The van der Waals surface area contributed by atoms with Crippen molar-refractivity contribution < 1.29 is 28.0 Å². The van der Waals surface area contributed by atoms with Crippen molar-refractivity contribution in [2.24, 2.45) is 0 Å². The van der Waals surface area contributed by atoms with Gasteiger partial charge in [0.25, 0.3) is 0 Å². The van der Waals surface area contributed by atoms with E-state index in [1.54, 1.807) is 0 Å². The predicted octanol–water partition coefficient (Wildman–Crippen LogP) is 2.11. The molecule has 1 rings (SSSR count). The van der Waals surface area contributed by atoms with Crippen LogP contribution in [-0.4, -0.2) is 22.1 Å². The highest BCUT2D eigenvalue weighted by Gasteiger charge is 2.39. The number of hydrogen-bond donors (Lipinski definition) is 2. The van der Waals surface area contributed by atoms with E-state index >= 15 is 0 Å². The molecule has 1 amide bonds. The molecule has 0 spiro atoms. The Morgan fingerprint density at radius 1 is 1.44 bits per heavy atom. The molecule has 0 atom stereocenters. The van der Waals surface area contributed by atoms with Crippen molar-refractivity contribution >= 4 is 17.3 Å². The number of nitro benzene ring substituents is 1. The standard InChI is InChI=1S/C9H7F3N2O4/c1-4-5(13-8(16)9(10,11)12)2-3-6(15)7(4)14(17)18/h2-3,15H,1H3,(H,13,16). The first-order valence-corrected chi connectivity index (χ1v) is 4.49. The van der Waals surface area contributed by atoms with Gasteiger partial charge in [-0.15, -0.1) is 0 Å². The van der Waals surface area contributed by atoms with Crippen LogP contribution < -0.4 is 5.32 Å². The van der Waals surface area contributed by atoms with Gasteiger partial charge in [0.05, 0.1) is 16.2 Å². The Labute approximate surface area is 98.2 Å². The van der Waals surface area contributed by atoms with Crippen molar-refractivity contribution in [3.05, 3.63) is 27.8 Å². The van der Waals surface area contributed by atoms with E-state index in [0.717, 1.165) is 19.1 Å². The fraction of sp³-hybridized carbons (Fsp3) is 0.222. The molecule has 0 fully saturated rings. The van der Waals surface area contributed by atoms with Gasteiger partial charge in [0.1, 0.15) is 0 Å². The number of halogens is 3. The Balaban J connectivity index is 3.17. The summed E-state index contributed by atoms with van der Waals surface area (Å²) >= 11 is 0. The molecule has 1 aromatic carbocycles. The van der Waals surface area contributed by atoms with Crippen LogP contribution >= 0.6 is 0 Å². The smallest absolute Gasteiger partial charge is 0.471 e. The fourth-order valence-corrected chi connectivity index (χ4v) is 1.24. The Morgan fingerprint density at radius 2 is 2.00 bits per heavy atom. The number of hydrogen-bond acceptors (Lipinski definition) is 4. The lowest BCUT2D eigenvalue weighted by atomic mass is 10.1. The lowest BCUT2D eigenvalue weighted by molar-refractivity contribution is -0.386. The molecule has 0 bridgehead atoms. The number of nitrogens with one attached hydrogen (secondary N) is 1. The SMILES string of the molecule is Cc1c(NC(=O)C(F)(F)F)ccc(O)c1[N+](=O)[O-]. The van der Waals surface area contributed by atoms with Crippen LogP contribution in [0.1, 0.15) is 5.56 Å². The normalized spacial score (nSPS) is 11.1. The molecule has 0 radical (unpaired) electrons. The predicted molar refractivity (Wildman–Crippen MR) is 54.2 cm³/mol. The maximum Gasteiger partial charge on any atom is 0.471 e. The number of phenolic OH excluding ortho intramolecular Hbond substituents is 1. The zero-order chi connectivity index (χ0) is 14.1. The lowest BCUT2D eigenvalue weighted by Gasteiger charge is -2.10. The third-order valence-electron chi connectivity index (χ3n) is 2.10. The van der Waals surface area contributed by atoms with Crippen LogP contribution in [0.15, 0.2) is 12.1 Å². The number of amides is 1. The molecule has 6 nitrogen and oxygen atoms in total. The van der Waals surface area contributed by atoms with Crippen molar-refractivity contribution in [1.29, 1.82) is 0 Å². The van der Waals surface area contributed by atoms with Gasteiger partial charge in [-0.2, -0.15) is 13.2 Å². The molecule has 0 aromatic heterocycles. The molecule has 0 aliphatic heterocycles. The minimum atomic E-state index is -5.10. The molecule has 0 saturated carbocycles. The van der Waals surface area contributed by atoms with Gasteiger partial charge in [0.2, 0.25) is 0 Å². The monoisotopic (exact) mass is 264 g/mol. The van der Waals surface area contributed by atoms with Crippen LogP contribution in [0.2, 0.25) is 0 Å². The van der Waals surface area contributed by atoms with Crippen LogP contribution in [0.4, 0.5) is 24.5 Å². The quantitative estimate of drug-likeness (QED) is 0.486. The number of anilines is 1. The molecule has 98 valence electrons. The van der Waals surface area contributed by atoms with E-state index in [-0.39, 0.29) is 11.3 Å². The van der Waals surface area contributed by atoms with Crippen molar-refractivity contribution in [3.8, 4) is 5.75 Å². The molecule has 9 heteroatoms. The van der Waals surface area contributed by atoms with E-state index in [2.05, 4.69) is 0 Å². The summed E-state index contributed by atoms with van der Waals surface area (Å²) in [6.07, 6.45) is -5.10. The van der Waals surface area contributed by atoms with Gasteiger partial charge in [-0.1, -0.05) is 0 Å². The van der Waals surface area contributed by atoms with Crippen LogP contribution in [0.3, 0.4) is 0 Å². The van der Waals surface area contributed by atoms with E-state index in [1.807, 2.05) is 0 Å². The van der Waals surface area contributed by atoms with Crippen molar-refractivity contribution in [2.45, 2.75) is 13.1 Å². The third kappa shape index (κ3) is 2.67. The maximum atomic E-state index is 12.0. The zero-order valence-electron chi connectivity index (χ0n) is 8.91. The van der Waals surface area contributed by atoms with Crippen molar-refractivity contribution in [2.75, 3.05) is 5.32 Å². The second-order valence-corrected chi connectivity index (χ2v) is 3.31. The van der Waals surface area contributed by atoms with E-state index in [4.69, 9.17) is 0 Å². The number of nitro groups is 1. The lowest BCUT2D eigenvalue weighted by Crippen LogP contribution is -2.30. The number of rotatable bonds is 2. The average molecular weight is 264 g/mol. The maximum absolute atomic E-state index is 12.0. The molecule has 0 heterocycles. The van der Waals surface area contributed by atoms with E-state index < -0.39 is 28.4 Å². The van der Waals surface area contributed by atoms with Gasteiger partial charge in [0.15, 0.2) is 5.75 Å². The van der Waals surface area contributed by atoms with Gasteiger partial charge in [-0.25, -0.2) is 0 Å². The van der Waals surface area contributed by atoms with E-state index in [1.165, 1.54) is 5.32 Å². The number of phenols is 1. The first-order valence-electron chi connectivity index (χ1n) is 4.49. The first kappa shape index (κ1) is 13.7. The summed E-state index contributed by atoms with van der Waals surface area (Å²) in [6, 6.07) is 1.78. The van der Waals surface area contributed by atoms with Gasteiger partial charge >= 0.3 is 17.8 Å². The molecular formula is C9H7F3N2O4. The highest BCUT2D eigenvalue weighted by Crippen LogP contribution is 2.34. The summed E-state index contributed by atoms with van der Waals surface area (Å²) in [5, 5.41) is 21.3. The summed E-state index contributed by atoms with van der Waals surface area (Å²) in [6.45, 7) is 1.11. The number of carbonyl (C=O) groups excluding carboxylic acids is 1. The van der Waals surface area contributed by atoms with Crippen molar-refractivity contribution in [1.82, 2.24) is 0 Å². The van der Waals surface area contributed by atoms with Crippen LogP contribution in [-0.2, 0) is 4.79 Å². The zero-order valence-corrected chi connectivity index (χ0v) is 8.91. The van der Waals surface area contributed by atoms with Gasteiger partial charge in [0, 0.05) is 0 Å². The molecule has 0 saturated heterocycles. The molecule has 0 aliphatic carbocycles. The molecule has 2 N–H and O–H groups in total. The third-order valence-corrected chi connectivity index (χ3v) is 2.10. The summed E-state index contributed by atoms with van der Waals surface area (Å²) in [4.78, 5) is 20.3. The Bertz CT molecular complexity index is 513. The second-order valence-electron chi connectivity index (χ2n) is 3.31. The van der Waals surface area contributed by atoms with Gasteiger partial charge in [-0.3, -0.25) is 14.9 Å². The van der Waals surface area contributed by atoms with Gasteiger partial charge < -0.3 is 10.4 Å². The minimum absolute atomic E-state index is 0.266. The molecule has 0 unspecified atom stereocenters. The largest absolute Gasteiger partial charge is 0.502 e. The molecule has 18 heavy (non-hydrogen) atoms. The van der Waals surface area contributed by atoms with Crippen LogP contribution in [0, 0.1) is 17.0 Å². The number of nitrogens with zero attached hydrogens (tertiary/aromatic N) is 1. The summed E-state index contributed by atoms with van der Waals surface area (Å²) in [5.41, 5.74) is -1.41.